The molecule has 0 aliphatic heterocycles. The Morgan fingerprint density at radius 1 is 1.58 bits per heavy atom. The molecule has 0 saturated heterocycles. The summed E-state index contributed by atoms with van der Waals surface area (Å²) in [7, 11) is 0. The number of ether oxygens (including phenoxy) is 1. The van der Waals surface area contributed by atoms with Gasteiger partial charge in [-0.1, -0.05) is 12.0 Å². The second-order valence-electron chi connectivity index (χ2n) is 2.15. The molecule has 0 rings (SSSR count). The first-order valence-electron chi connectivity index (χ1n) is 4.03. The number of allylic oxidation sites excluding steroid dienone is 1. The van der Waals surface area contributed by atoms with Crippen molar-refractivity contribution >= 4 is 5.97 Å². The second-order valence-corrected chi connectivity index (χ2v) is 2.15. The molecule has 0 aromatic rings. The zero-order valence-corrected chi connectivity index (χ0v) is 7.43. The smallest absolute Gasteiger partial charge is 0.306 e. The minimum Gasteiger partial charge on any atom is -0.466 e. The van der Waals surface area contributed by atoms with Gasteiger partial charge in [0.2, 0.25) is 0 Å². The molecule has 0 N–H and O–H groups in total. The molecule has 0 unspecified atom stereocenters. The number of hydrogen-bond donors (Lipinski definition) is 0. The Labute approximate surface area is 73.6 Å². The molecular weight excluding hydrogens is 152 g/mol. The van der Waals surface area contributed by atoms with Crippen LogP contribution in [0.4, 0.5) is 0 Å². The molecular formula is C10H14O2. The molecule has 0 bridgehead atoms. The summed E-state index contributed by atoms with van der Waals surface area (Å²) < 4.78 is 4.72. The summed E-state index contributed by atoms with van der Waals surface area (Å²) in [5.74, 6) is 5.53. The van der Waals surface area contributed by atoms with Crippen LogP contribution in [0, 0.1) is 11.8 Å². The van der Waals surface area contributed by atoms with Gasteiger partial charge in [0.15, 0.2) is 0 Å². The average molecular weight is 166 g/mol. The van der Waals surface area contributed by atoms with Crippen LogP contribution in [0.5, 0.6) is 0 Å². The van der Waals surface area contributed by atoms with E-state index in [9.17, 15) is 4.79 Å². The van der Waals surface area contributed by atoms with Gasteiger partial charge in [-0.3, -0.25) is 4.79 Å². The van der Waals surface area contributed by atoms with Crippen molar-refractivity contribution in [3.8, 4) is 11.8 Å². The summed E-state index contributed by atoms with van der Waals surface area (Å²) in [6.45, 7) is 5.77. The molecule has 12 heavy (non-hydrogen) atoms. The highest BCUT2D eigenvalue weighted by atomic mass is 16.5. The van der Waals surface area contributed by atoms with Gasteiger partial charge >= 0.3 is 5.97 Å². The number of carbonyl (C=O) groups is 1. The van der Waals surface area contributed by atoms with E-state index in [-0.39, 0.29) is 5.97 Å². The lowest BCUT2D eigenvalue weighted by atomic mass is 10.3. The van der Waals surface area contributed by atoms with E-state index in [4.69, 9.17) is 4.74 Å². The Balaban J connectivity index is 3.37. The Hall–Kier alpha value is -1.23. The van der Waals surface area contributed by atoms with Crippen LogP contribution in [-0.2, 0) is 9.53 Å². The quantitative estimate of drug-likeness (QED) is 0.362. The van der Waals surface area contributed by atoms with Gasteiger partial charge in [0.1, 0.15) is 0 Å². The highest BCUT2D eigenvalue weighted by Gasteiger charge is 1.97. The van der Waals surface area contributed by atoms with E-state index >= 15 is 0 Å². The monoisotopic (exact) mass is 166 g/mol. The van der Waals surface area contributed by atoms with Crippen molar-refractivity contribution < 1.29 is 9.53 Å². The molecule has 0 amide bonds. The molecule has 2 heteroatoms. The number of carbonyl (C=O) groups excluding carboxylic acids is 1. The van der Waals surface area contributed by atoms with E-state index in [2.05, 4.69) is 18.4 Å². The van der Waals surface area contributed by atoms with Crippen LogP contribution in [0.2, 0.25) is 0 Å². The first-order chi connectivity index (χ1) is 5.81. The standard InChI is InChI=1S/C10H14O2/c1-3-5-6-7-8-9-10(11)12-4-2/h3H,1,4-5,8-9H2,2H3. The van der Waals surface area contributed by atoms with Crippen LogP contribution in [0.15, 0.2) is 12.7 Å². The van der Waals surface area contributed by atoms with Gasteiger partial charge < -0.3 is 4.74 Å². The van der Waals surface area contributed by atoms with Crippen molar-refractivity contribution in [1.82, 2.24) is 0 Å². The maximum atomic E-state index is 10.8. The molecule has 0 radical (unpaired) electrons. The van der Waals surface area contributed by atoms with Crippen molar-refractivity contribution in [3.63, 3.8) is 0 Å². The summed E-state index contributed by atoms with van der Waals surface area (Å²) >= 11 is 0. The van der Waals surface area contributed by atoms with E-state index in [1.54, 1.807) is 13.0 Å². The van der Waals surface area contributed by atoms with E-state index in [1.807, 2.05) is 0 Å². The first-order valence-corrected chi connectivity index (χ1v) is 4.03. The zero-order valence-electron chi connectivity index (χ0n) is 7.43. The predicted octanol–water partition coefficient (Wildman–Crippen LogP) is 1.91. The molecule has 0 aliphatic rings. The summed E-state index contributed by atoms with van der Waals surface area (Å²) in [6, 6.07) is 0. The predicted molar refractivity (Wildman–Crippen MR) is 48.5 cm³/mol. The highest BCUT2D eigenvalue weighted by Crippen LogP contribution is 1.90. The minimum absolute atomic E-state index is 0.176. The van der Waals surface area contributed by atoms with Gasteiger partial charge in [0.25, 0.3) is 0 Å². The average Bonchev–Trinajstić information content (AvgIpc) is 2.05. The van der Waals surface area contributed by atoms with Crippen LogP contribution in [0.1, 0.15) is 26.2 Å². The third-order valence-electron chi connectivity index (χ3n) is 1.13. The molecule has 66 valence electrons. The highest BCUT2D eigenvalue weighted by molar-refractivity contribution is 5.69. The Morgan fingerprint density at radius 2 is 2.33 bits per heavy atom. The van der Waals surface area contributed by atoms with Crippen LogP contribution in [0.3, 0.4) is 0 Å². The van der Waals surface area contributed by atoms with Crippen molar-refractivity contribution in [2.45, 2.75) is 26.2 Å². The van der Waals surface area contributed by atoms with Crippen LogP contribution in [-0.4, -0.2) is 12.6 Å². The van der Waals surface area contributed by atoms with Crippen molar-refractivity contribution in [1.29, 1.82) is 0 Å². The van der Waals surface area contributed by atoms with Gasteiger partial charge in [-0.05, 0) is 6.92 Å². The Bertz CT molecular complexity index is 196. The molecule has 0 spiro atoms. The van der Waals surface area contributed by atoms with Crippen molar-refractivity contribution in [2.24, 2.45) is 0 Å². The molecule has 0 fully saturated rings. The SMILES string of the molecule is C=CCC#CCCC(=O)OCC. The lowest BCUT2D eigenvalue weighted by molar-refractivity contribution is -0.142. The molecule has 0 aromatic heterocycles. The third-order valence-corrected chi connectivity index (χ3v) is 1.13. The van der Waals surface area contributed by atoms with Crippen molar-refractivity contribution in [2.75, 3.05) is 6.61 Å². The first kappa shape index (κ1) is 10.8. The number of hydrogen-bond acceptors (Lipinski definition) is 2. The third kappa shape index (κ3) is 6.88. The zero-order chi connectivity index (χ0) is 9.23. The molecule has 0 heterocycles. The van der Waals surface area contributed by atoms with Crippen LogP contribution >= 0.6 is 0 Å². The van der Waals surface area contributed by atoms with Crippen molar-refractivity contribution in [3.05, 3.63) is 12.7 Å². The van der Waals surface area contributed by atoms with E-state index in [1.165, 1.54) is 0 Å². The van der Waals surface area contributed by atoms with E-state index in [0.717, 1.165) is 0 Å². The van der Waals surface area contributed by atoms with Gasteiger partial charge in [-0.2, -0.15) is 0 Å². The fourth-order valence-electron chi connectivity index (χ4n) is 0.630. The summed E-state index contributed by atoms with van der Waals surface area (Å²) in [4.78, 5) is 10.8. The Morgan fingerprint density at radius 3 is 2.92 bits per heavy atom. The fraction of sp³-hybridized carbons (Fsp3) is 0.500. The van der Waals surface area contributed by atoms with Gasteiger partial charge in [0.05, 0.1) is 13.0 Å². The molecule has 0 aliphatic carbocycles. The van der Waals surface area contributed by atoms with Gasteiger partial charge in [0, 0.05) is 12.8 Å². The maximum absolute atomic E-state index is 10.8. The summed E-state index contributed by atoms with van der Waals surface area (Å²) in [6.07, 6.45) is 3.38. The fourth-order valence-corrected chi connectivity index (χ4v) is 0.630. The molecule has 0 atom stereocenters. The van der Waals surface area contributed by atoms with E-state index < -0.39 is 0 Å². The largest absolute Gasteiger partial charge is 0.466 e. The molecule has 0 saturated carbocycles. The van der Waals surface area contributed by atoms with Crippen LogP contribution < -0.4 is 0 Å². The van der Waals surface area contributed by atoms with E-state index in [0.29, 0.717) is 25.9 Å². The Kier molecular flexibility index (Phi) is 7.07. The van der Waals surface area contributed by atoms with Gasteiger partial charge in [-0.15, -0.1) is 12.5 Å². The normalized spacial score (nSPS) is 8.08. The maximum Gasteiger partial charge on any atom is 0.306 e. The van der Waals surface area contributed by atoms with Gasteiger partial charge in [-0.25, -0.2) is 0 Å². The number of esters is 1. The minimum atomic E-state index is -0.176. The topological polar surface area (TPSA) is 26.3 Å². The second kappa shape index (κ2) is 7.87. The lowest BCUT2D eigenvalue weighted by Gasteiger charge is -1.96. The number of rotatable bonds is 4. The summed E-state index contributed by atoms with van der Waals surface area (Å²) in [5, 5.41) is 0. The molecule has 0 aromatic carbocycles. The lowest BCUT2D eigenvalue weighted by Crippen LogP contribution is -2.02. The summed E-state index contributed by atoms with van der Waals surface area (Å²) in [5.41, 5.74) is 0. The van der Waals surface area contributed by atoms with Crippen LogP contribution in [0.25, 0.3) is 0 Å². The molecule has 2 nitrogen and oxygen atoms in total.